The molecule has 0 aliphatic heterocycles. The van der Waals surface area contributed by atoms with Gasteiger partial charge in [0.15, 0.2) is 0 Å². The Bertz CT molecular complexity index is 57.8. The van der Waals surface area contributed by atoms with Gasteiger partial charge >= 0.3 is 42.7 Å². The van der Waals surface area contributed by atoms with Crippen molar-refractivity contribution < 1.29 is 61.9 Å². The van der Waals surface area contributed by atoms with Gasteiger partial charge in [-0.25, -0.2) is 0 Å². The molecule has 0 fully saturated rings. The Morgan fingerprint density at radius 3 is 1.14 bits per heavy atom. The van der Waals surface area contributed by atoms with Crippen LogP contribution in [0.4, 0.5) is 0 Å². The Hall–Kier alpha value is 1.49. The minimum atomic E-state index is -5.39. The second-order valence-corrected chi connectivity index (χ2v) is 1.34. The topological polar surface area (TPSA) is 86.2 Å². The van der Waals surface area contributed by atoms with Gasteiger partial charge in [0, 0.05) is 0 Å². The minimum absolute atomic E-state index is 0. The second-order valence-electron chi connectivity index (χ2n) is 0.447. The Balaban J connectivity index is -0.0000000800. The van der Waals surface area contributed by atoms with Gasteiger partial charge in [0.05, 0.1) is 0 Å². The van der Waals surface area contributed by atoms with Crippen LogP contribution in [0.15, 0.2) is 0 Å². The fourth-order valence-electron chi connectivity index (χ4n) is 0. The SMILES string of the molecule is O=P([O-])([O-])[O-].[Ni+2].[Zr+2]. The molecule has 0 unspecified atom stereocenters. The van der Waals surface area contributed by atoms with Crippen molar-refractivity contribution in [2.45, 2.75) is 0 Å². The zero-order valence-corrected chi connectivity index (χ0v) is 7.24. The molecule has 7 heteroatoms. The number of hydrogen-bond donors (Lipinski definition) is 0. The average molecular weight is 245 g/mol. The zero-order valence-electron chi connectivity index (χ0n) is 2.90. The molecule has 0 heterocycles. The monoisotopic (exact) mass is 243 g/mol. The van der Waals surface area contributed by atoms with E-state index in [0.29, 0.717) is 0 Å². The van der Waals surface area contributed by atoms with Gasteiger partial charge in [0.25, 0.3) is 0 Å². The summed E-state index contributed by atoms with van der Waals surface area (Å²) in [5.41, 5.74) is 0. The normalized spacial score (nSPS) is 8.43. The van der Waals surface area contributed by atoms with Crippen LogP contribution >= 0.6 is 7.82 Å². The third-order valence-electron chi connectivity index (χ3n) is 0. The van der Waals surface area contributed by atoms with Crippen LogP contribution in [0.3, 0.4) is 0 Å². The molecular weight excluding hydrogens is 245 g/mol. The largest absolute Gasteiger partial charge is 2.00 e. The van der Waals surface area contributed by atoms with Crippen molar-refractivity contribution in [2.24, 2.45) is 0 Å². The third-order valence-corrected chi connectivity index (χ3v) is 0. The van der Waals surface area contributed by atoms with E-state index in [2.05, 4.69) is 0 Å². The van der Waals surface area contributed by atoms with E-state index < -0.39 is 7.82 Å². The predicted octanol–water partition coefficient (Wildman–Crippen LogP) is -2.83. The maximum Gasteiger partial charge on any atom is 2.00 e. The standard InChI is InChI=1S/Ni.H3O4P.Zr/c;1-5(2,3)4;/h;(H3,1,2,3,4);/q+2;;+2/p-3. The molecule has 0 rings (SSSR count). The summed E-state index contributed by atoms with van der Waals surface area (Å²) in [7, 11) is -5.39. The average Bonchev–Trinajstić information content (AvgIpc) is 0.722. The molecule has 0 radical (unpaired) electrons. The van der Waals surface area contributed by atoms with Gasteiger partial charge < -0.3 is 19.2 Å². The molecule has 0 N–H and O–H groups in total. The van der Waals surface area contributed by atoms with E-state index in [4.69, 9.17) is 19.2 Å². The fourth-order valence-corrected chi connectivity index (χ4v) is 0. The molecule has 0 bridgehead atoms. The molecule has 0 saturated heterocycles. The predicted molar refractivity (Wildman–Crippen MR) is 7.61 cm³/mol. The van der Waals surface area contributed by atoms with Crippen molar-refractivity contribution >= 4 is 7.82 Å². The molecule has 0 saturated carbocycles. The minimum Gasteiger partial charge on any atom is -0.822 e. The Morgan fingerprint density at radius 1 is 1.14 bits per heavy atom. The van der Waals surface area contributed by atoms with Crippen LogP contribution in [0.2, 0.25) is 0 Å². The number of rotatable bonds is 0. The fraction of sp³-hybridized carbons (Fsp3) is 0. The molecule has 0 amide bonds. The quantitative estimate of drug-likeness (QED) is 0.340. The van der Waals surface area contributed by atoms with Crippen LogP contribution in [0.1, 0.15) is 0 Å². The summed E-state index contributed by atoms with van der Waals surface area (Å²) in [6.45, 7) is 0. The van der Waals surface area contributed by atoms with Crippen LogP contribution in [-0.2, 0) is 47.3 Å². The Kier molecular flexibility index (Phi) is 12.7. The molecule has 0 aromatic heterocycles. The van der Waals surface area contributed by atoms with E-state index in [1.165, 1.54) is 0 Å². The molecule has 42 valence electrons. The Morgan fingerprint density at radius 2 is 1.14 bits per heavy atom. The Labute approximate surface area is 69.6 Å². The molecule has 0 aliphatic rings. The smallest absolute Gasteiger partial charge is 0.822 e. The third kappa shape index (κ3) is 102. The van der Waals surface area contributed by atoms with Crippen molar-refractivity contribution in [3.63, 3.8) is 0 Å². The molecule has 0 spiro atoms. The van der Waals surface area contributed by atoms with E-state index in [9.17, 15) is 0 Å². The van der Waals surface area contributed by atoms with Crippen LogP contribution in [0.5, 0.6) is 0 Å². The maximum atomic E-state index is 8.55. The second kappa shape index (κ2) is 5.62. The summed E-state index contributed by atoms with van der Waals surface area (Å²) < 4.78 is 8.55. The van der Waals surface area contributed by atoms with Crippen LogP contribution in [-0.4, -0.2) is 0 Å². The van der Waals surface area contributed by atoms with Crippen molar-refractivity contribution in [1.82, 2.24) is 0 Å². The van der Waals surface area contributed by atoms with Gasteiger partial charge in [-0.05, 0) is 0 Å². The first-order valence-electron chi connectivity index (χ1n) is 0.730. The van der Waals surface area contributed by atoms with Crippen LogP contribution in [0, 0.1) is 0 Å². The first-order valence-corrected chi connectivity index (χ1v) is 2.19. The summed E-state index contributed by atoms with van der Waals surface area (Å²) in [6, 6.07) is 0. The van der Waals surface area contributed by atoms with Crippen molar-refractivity contribution in [3.05, 3.63) is 0 Å². The zero-order chi connectivity index (χ0) is 4.50. The van der Waals surface area contributed by atoms with Gasteiger partial charge in [0.1, 0.15) is 0 Å². The maximum absolute atomic E-state index is 8.55. The number of phosphoric acid groups is 1. The molecule has 0 aromatic rings. The van der Waals surface area contributed by atoms with Crippen molar-refractivity contribution in [2.75, 3.05) is 0 Å². The van der Waals surface area contributed by atoms with Crippen molar-refractivity contribution in [3.8, 4) is 0 Å². The molecular formula is NiO4PZr+. The first-order chi connectivity index (χ1) is 2.00. The summed E-state index contributed by atoms with van der Waals surface area (Å²) in [5.74, 6) is 0. The summed E-state index contributed by atoms with van der Waals surface area (Å²) in [5, 5.41) is 0. The molecule has 0 atom stereocenters. The van der Waals surface area contributed by atoms with Gasteiger partial charge in [-0.2, -0.15) is 7.82 Å². The molecule has 0 aromatic carbocycles. The van der Waals surface area contributed by atoms with Gasteiger partial charge in [0.2, 0.25) is 0 Å². The van der Waals surface area contributed by atoms with E-state index in [1.807, 2.05) is 0 Å². The van der Waals surface area contributed by atoms with Gasteiger partial charge in [-0.15, -0.1) is 0 Å². The summed E-state index contributed by atoms with van der Waals surface area (Å²) >= 11 is 0. The summed E-state index contributed by atoms with van der Waals surface area (Å²) in [4.78, 5) is 25.6. The summed E-state index contributed by atoms with van der Waals surface area (Å²) in [6.07, 6.45) is 0. The van der Waals surface area contributed by atoms with E-state index in [0.717, 1.165) is 0 Å². The van der Waals surface area contributed by atoms with E-state index >= 15 is 0 Å². The van der Waals surface area contributed by atoms with Crippen LogP contribution < -0.4 is 14.7 Å². The van der Waals surface area contributed by atoms with Gasteiger partial charge in [-0.3, -0.25) is 0 Å². The number of hydrogen-bond acceptors (Lipinski definition) is 4. The molecule has 4 nitrogen and oxygen atoms in total. The molecule has 0 aliphatic carbocycles. The van der Waals surface area contributed by atoms with E-state index in [1.54, 1.807) is 0 Å². The van der Waals surface area contributed by atoms with Crippen molar-refractivity contribution in [1.29, 1.82) is 0 Å². The van der Waals surface area contributed by atoms with Gasteiger partial charge in [-0.1, -0.05) is 0 Å². The molecule has 7 heavy (non-hydrogen) atoms. The van der Waals surface area contributed by atoms with E-state index in [-0.39, 0.29) is 42.7 Å². The van der Waals surface area contributed by atoms with Crippen LogP contribution in [0.25, 0.3) is 0 Å². The first kappa shape index (κ1) is 15.8.